The molecule has 0 amide bonds. The van der Waals surface area contributed by atoms with E-state index >= 15 is 0 Å². The van der Waals surface area contributed by atoms with E-state index in [1.165, 1.54) is 24.0 Å². The smallest absolute Gasteiger partial charge is 0.0947 e. The summed E-state index contributed by atoms with van der Waals surface area (Å²) in [4.78, 5) is 0. The minimum atomic E-state index is 0.0636. The van der Waals surface area contributed by atoms with Crippen molar-refractivity contribution in [1.82, 2.24) is 0 Å². The topological polar surface area (TPSA) is 35.2 Å². The molecule has 1 aromatic rings. The van der Waals surface area contributed by atoms with Crippen molar-refractivity contribution < 1.29 is 4.74 Å². The molecule has 15 heavy (non-hydrogen) atoms. The lowest BCUT2D eigenvalue weighted by Gasteiger charge is -2.16. The highest BCUT2D eigenvalue weighted by atomic mass is 16.5. The zero-order valence-electron chi connectivity index (χ0n) is 9.28. The van der Waals surface area contributed by atoms with E-state index in [-0.39, 0.29) is 6.10 Å². The third-order valence-electron chi connectivity index (χ3n) is 2.91. The number of rotatable bonds is 5. The van der Waals surface area contributed by atoms with Crippen molar-refractivity contribution in [2.45, 2.75) is 31.8 Å². The van der Waals surface area contributed by atoms with E-state index in [1.807, 2.05) is 6.92 Å². The van der Waals surface area contributed by atoms with Crippen LogP contribution in [0.15, 0.2) is 24.3 Å². The standard InChI is InChI=1S/C13H19NO/c1-2-15-13(9-14)12-5-3-4-11(8-12)10-6-7-10/h3-5,8,10,13H,2,6-7,9,14H2,1H3. The summed E-state index contributed by atoms with van der Waals surface area (Å²) in [6.45, 7) is 3.28. The average Bonchev–Trinajstić information content (AvgIpc) is 3.10. The second-order valence-corrected chi connectivity index (χ2v) is 4.12. The van der Waals surface area contributed by atoms with Gasteiger partial charge < -0.3 is 10.5 Å². The summed E-state index contributed by atoms with van der Waals surface area (Å²) < 4.78 is 5.61. The molecule has 0 aliphatic heterocycles. The van der Waals surface area contributed by atoms with Crippen LogP contribution in [0.25, 0.3) is 0 Å². The Morgan fingerprint density at radius 2 is 2.27 bits per heavy atom. The maximum Gasteiger partial charge on any atom is 0.0947 e. The van der Waals surface area contributed by atoms with E-state index in [2.05, 4.69) is 24.3 Å². The zero-order chi connectivity index (χ0) is 10.7. The summed E-state index contributed by atoms with van der Waals surface area (Å²) in [7, 11) is 0. The van der Waals surface area contributed by atoms with Gasteiger partial charge in [0.15, 0.2) is 0 Å². The van der Waals surface area contributed by atoms with Crippen LogP contribution in [0, 0.1) is 0 Å². The molecular weight excluding hydrogens is 186 g/mol. The highest BCUT2D eigenvalue weighted by Crippen LogP contribution is 2.40. The van der Waals surface area contributed by atoms with Crippen LogP contribution in [0.1, 0.15) is 42.9 Å². The summed E-state index contributed by atoms with van der Waals surface area (Å²) in [6.07, 6.45) is 2.74. The van der Waals surface area contributed by atoms with Crippen LogP contribution >= 0.6 is 0 Å². The SMILES string of the molecule is CCOC(CN)c1cccc(C2CC2)c1. The van der Waals surface area contributed by atoms with Crippen molar-refractivity contribution in [3.63, 3.8) is 0 Å². The predicted molar refractivity (Wildman–Crippen MR) is 61.8 cm³/mol. The number of nitrogens with two attached hydrogens (primary N) is 1. The molecule has 1 unspecified atom stereocenters. The fraction of sp³-hybridized carbons (Fsp3) is 0.538. The Morgan fingerprint density at radius 1 is 1.47 bits per heavy atom. The van der Waals surface area contributed by atoms with Gasteiger partial charge in [-0.25, -0.2) is 0 Å². The molecule has 1 saturated carbocycles. The summed E-state index contributed by atoms with van der Waals surface area (Å²) in [6, 6.07) is 8.69. The molecule has 0 radical (unpaired) electrons. The Morgan fingerprint density at radius 3 is 2.87 bits per heavy atom. The van der Waals surface area contributed by atoms with Gasteiger partial charge in [0.2, 0.25) is 0 Å². The molecular formula is C13H19NO. The van der Waals surface area contributed by atoms with Crippen LogP contribution in [0.2, 0.25) is 0 Å². The first kappa shape index (κ1) is 10.7. The molecule has 82 valence electrons. The minimum Gasteiger partial charge on any atom is -0.372 e. The number of hydrogen-bond acceptors (Lipinski definition) is 2. The van der Waals surface area contributed by atoms with E-state index in [0.717, 1.165) is 12.5 Å². The second kappa shape index (κ2) is 4.77. The third kappa shape index (κ3) is 2.58. The molecule has 2 heteroatoms. The molecule has 2 rings (SSSR count). The Kier molecular flexibility index (Phi) is 3.39. The normalized spacial score (nSPS) is 17.7. The van der Waals surface area contributed by atoms with Crippen molar-refractivity contribution >= 4 is 0 Å². The van der Waals surface area contributed by atoms with Crippen LogP contribution in [0.3, 0.4) is 0 Å². The first-order chi connectivity index (χ1) is 7.35. The molecule has 0 heterocycles. The Labute approximate surface area is 91.4 Å². The predicted octanol–water partition coefficient (Wildman–Crippen LogP) is 2.60. The van der Waals surface area contributed by atoms with Gasteiger partial charge in [0.05, 0.1) is 6.10 Å². The van der Waals surface area contributed by atoms with Crippen molar-refractivity contribution in [1.29, 1.82) is 0 Å². The van der Waals surface area contributed by atoms with Crippen molar-refractivity contribution in [3.8, 4) is 0 Å². The fourth-order valence-corrected chi connectivity index (χ4v) is 1.93. The quantitative estimate of drug-likeness (QED) is 0.802. The maximum absolute atomic E-state index is 5.71. The second-order valence-electron chi connectivity index (χ2n) is 4.12. The van der Waals surface area contributed by atoms with Gasteiger partial charge in [0.25, 0.3) is 0 Å². The molecule has 2 N–H and O–H groups in total. The van der Waals surface area contributed by atoms with Gasteiger partial charge in [0.1, 0.15) is 0 Å². The number of hydrogen-bond donors (Lipinski definition) is 1. The van der Waals surface area contributed by atoms with Gasteiger partial charge >= 0.3 is 0 Å². The van der Waals surface area contributed by atoms with Crippen LogP contribution in [0.4, 0.5) is 0 Å². The highest BCUT2D eigenvalue weighted by molar-refractivity contribution is 5.30. The molecule has 2 nitrogen and oxygen atoms in total. The molecule has 1 atom stereocenters. The van der Waals surface area contributed by atoms with Crippen LogP contribution in [-0.2, 0) is 4.74 Å². The van der Waals surface area contributed by atoms with Crippen LogP contribution in [0.5, 0.6) is 0 Å². The Balaban J connectivity index is 2.14. The zero-order valence-corrected chi connectivity index (χ0v) is 9.28. The third-order valence-corrected chi connectivity index (χ3v) is 2.91. The Hall–Kier alpha value is -0.860. The van der Waals surface area contributed by atoms with Crippen molar-refractivity contribution in [2.75, 3.05) is 13.2 Å². The maximum atomic E-state index is 5.71. The van der Waals surface area contributed by atoms with E-state index in [9.17, 15) is 0 Å². The average molecular weight is 205 g/mol. The lowest BCUT2D eigenvalue weighted by molar-refractivity contribution is 0.0688. The van der Waals surface area contributed by atoms with Gasteiger partial charge in [-0.1, -0.05) is 24.3 Å². The highest BCUT2D eigenvalue weighted by Gasteiger charge is 2.24. The summed E-state index contributed by atoms with van der Waals surface area (Å²) in [5, 5.41) is 0. The van der Waals surface area contributed by atoms with Crippen molar-refractivity contribution in [3.05, 3.63) is 35.4 Å². The van der Waals surface area contributed by atoms with E-state index in [4.69, 9.17) is 10.5 Å². The molecule has 1 fully saturated rings. The van der Waals surface area contributed by atoms with Gasteiger partial charge in [-0.05, 0) is 36.8 Å². The van der Waals surface area contributed by atoms with Gasteiger partial charge in [-0.2, -0.15) is 0 Å². The van der Waals surface area contributed by atoms with E-state index < -0.39 is 0 Å². The van der Waals surface area contributed by atoms with Crippen LogP contribution < -0.4 is 5.73 Å². The first-order valence-electron chi connectivity index (χ1n) is 5.76. The molecule has 1 aliphatic rings. The first-order valence-corrected chi connectivity index (χ1v) is 5.76. The molecule has 0 saturated heterocycles. The summed E-state index contributed by atoms with van der Waals surface area (Å²) in [5.41, 5.74) is 8.38. The number of benzene rings is 1. The fourth-order valence-electron chi connectivity index (χ4n) is 1.93. The van der Waals surface area contributed by atoms with Gasteiger partial charge in [-0.3, -0.25) is 0 Å². The van der Waals surface area contributed by atoms with Gasteiger partial charge in [0, 0.05) is 13.2 Å². The molecule has 0 bridgehead atoms. The van der Waals surface area contributed by atoms with Gasteiger partial charge in [-0.15, -0.1) is 0 Å². The monoisotopic (exact) mass is 205 g/mol. The lowest BCUT2D eigenvalue weighted by atomic mass is 10.0. The number of ether oxygens (including phenoxy) is 1. The largest absolute Gasteiger partial charge is 0.372 e. The summed E-state index contributed by atoms with van der Waals surface area (Å²) in [5.74, 6) is 0.796. The molecule has 1 aliphatic carbocycles. The van der Waals surface area contributed by atoms with Crippen molar-refractivity contribution in [2.24, 2.45) is 5.73 Å². The molecule has 1 aromatic carbocycles. The lowest BCUT2D eigenvalue weighted by Crippen LogP contribution is -2.15. The van der Waals surface area contributed by atoms with E-state index in [0.29, 0.717) is 6.54 Å². The van der Waals surface area contributed by atoms with E-state index in [1.54, 1.807) is 0 Å². The Bertz CT molecular complexity index is 320. The summed E-state index contributed by atoms with van der Waals surface area (Å²) >= 11 is 0. The molecule has 0 spiro atoms. The van der Waals surface area contributed by atoms with Crippen LogP contribution in [-0.4, -0.2) is 13.2 Å². The minimum absolute atomic E-state index is 0.0636. The molecule has 0 aromatic heterocycles.